The number of aromatic nitrogens is 1. The lowest BCUT2D eigenvalue weighted by molar-refractivity contribution is -0.123. The van der Waals surface area contributed by atoms with E-state index < -0.39 is 12.6 Å². The summed E-state index contributed by atoms with van der Waals surface area (Å²) in [6, 6.07) is 20.5. The molecule has 3 fully saturated rings. The number of hydrogen-bond donors (Lipinski definition) is 0. The lowest BCUT2D eigenvalue weighted by Crippen LogP contribution is -2.32. The summed E-state index contributed by atoms with van der Waals surface area (Å²) in [6.07, 6.45) is 3.04. The second kappa shape index (κ2) is 10.4. The smallest absolute Gasteiger partial charge is 0.339 e. The fourth-order valence-electron chi connectivity index (χ4n) is 6.89. The molecule has 4 aromatic rings. The summed E-state index contributed by atoms with van der Waals surface area (Å²) in [5.74, 6) is -0.919. The van der Waals surface area contributed by atoms with E-state index in [0.717, 1.165) is 23.7 Å². The van der Waals surface area contributed by atoms with Gasteiger partial charge in [-0.05, 0) is 79.6 Å². The van der Waals surface area contributed by atoms with Crippen LogP contribution in [-0.2, 0) is 14.3 Å². The van der Waals surface area contributed by atoms with E-state index in [-0.39, 0.29) is 35.0 Å². The van der Waals surface area contributed by atoms with Crippen LogP contribution >= 0.6 is 27.5 Å². The van der Waals surface area contributed by atoms with Crippen molar-refractivity contribution in [2.75, 3.05) is 11.5 Å². The molecule has 9 heteroatoms. The quantitative estimate of drug-likeness (QED) is 0.129. The number of hydrogen-bond acceptors (Lipinski definition) is 6. The van der Waals surface area contributed by atoms with Crippen LogP contribution in [0.3, 0.4) is 0 Å². The minimum atomic E-state index is -0.678. The molecule has 4 atom stereocenters. The Bertz CT molecular complexity index is 1760. The summed E-state index contributed by atoms with van der Waals surface area (Å²) >= 11 is 9.57. The predicted octanol–water partition coefficient (Wildman–Crippen LogP) is 6.89. The molecule has 1 saturated heterocycles. The maximum Gasteiger partial charge on any atom is 0.339 e. The van der Waals surface area contributed by atoms with Gasteiger partial charge in [-0.2, -0.15) is 0 Å². The number of rotatable bonds is 6. The SMILES string of the molecule is O=C(COC(=O)c1cc(-c2ccc(N3C(=O)C4C5CCC(C5)C4C3=O)cc2)nc2ccc(Cl)cc12)c1ccc(Br)cc1. The molecule has 4 unspecified atom stereocenters. The molecule has 42 heavy (non-hydrogen) atoms. The first-order valence-electron chi connectivity index (χ1n) is 13.8. The Balaban J connectivity index is 1.16. The fourth-order valence-corrected chi connectivity index (χ4v) is 7.32. The molecule has 210 valence electrons. The Labute approximate surface area is 254 Å². The van der Waals surface area contributed by atoms with Gasteiger partial charge in [0.2, 0.25) is 11.8 Å². The van der Waals surface area contributed by atoms with Gasteiger partial charge in [-0.15, -0.1) is 0 Å². The minimum Gasteiger partial charge on any atom is -0.454 e. The third kappa shape index (κ3) is 4.53. The number of carbonyl (C=O) groups is 4. The highest BCUT2D eigenvalue weighted by atomic mass is 79.9. The van der Waals surface area contributed by atoms with Crippen molar-refractivity contribution in [1.82, 2.24) is 4.98 Å². The summed E-state index contributed by atoms with van der Waals surface area (Å²) in [5, 5.41) is 0.929. The Kier molecular flexibility index (Phi) is 6.71. The van der Waals surface area contributed by atoms with Crippen molar-refractivity contribution in [3.8, 4) is 11.3 Å². The van der Waals surface area contributed by atoms with E-state index in [9.17, 15) is 19.2 Å². The summed E-state index contributed by atoms with van der Waals surface area (Å²) in [7, 11) is 0. The maximum atomic E-state index is 13.3. The standard InChI is InChI=1S/C33H24BrClN2O5/c34-21-7-3-18(4-8-21)28(38)16-42-33(41)25-15-27(36-26-12-9-22(35)14-24(25)26)17-5-10-23(11-6-17)37-31(39)29-19-1-2-20(13-19)30(29)32(37)40/h3-12,14-15,19-20,29-30H,1-2,13,16H2. The number of anilines is 1. The molecule has 7 nitrogen and oxygen atoms in total. The van der Waals surface area contributed by atoms with E-state index in [1.165, 1.54) is 4.90 Å². The molecule has 3 aliphatic rings. The summed E-state index contributed by atoms with van der Waals surface area (Å²) in [4.78, 5) is 58.5. The molecule has 3 aromatic carbocycles. The first-order valence-corrected chi connectivity index (χ1v) is 15.0. The predicted molar refractivity (Wildman–Crippen MR) is 161 cm³/mol. The van der Waals surface area contributed by atoms with Gasteiger partial charge in [-0.25, -0.2) is 9.78 Å². The second-order valence-electron chi connectivity index (χ2n) is 11.2. The molecule has 0 radical (unpaired) electrons. The van der Waals surface area contributed by atoms with Crippen LogP contribution in [0.25, 0.3) is 22.2 Å². The van der Waals surface area contributed by atoms with Crippen LogP contribution in [0.1, 0.15) is 40.0 Å². The lowest BCUT2D eigenvalue weighted by Gasteiger charge is -2.19. The molecule has 0 N–H and O–H groups in total. The number of ketones is 1. The van der Waals surface area contributed by atoms with Crippen molar-refractivity contribution in [2.24, 2.45) is 23.7 Å². The van der Waals surface area contributed by atoms with Gasteiger partial charge in [-0.1, -0.05) is 51.8 Å². The summed E-state index contributed by atoms with van der Waals surface area (Å²) < 4.78 is 6.27. The van der Waals surface area contributed by atoms with Crippen LogP contribution in [0.5, 0.6) is 0 Å². The van der Waals surface area contributed by atoms with Crippen LogP contribution < -0.4 is 4.90 Å². The van der Waals surface area contributed by atoms with E-state index >= 15 is 0 Å². The Morgan fingerprint density at radius 1 is 0.905 bits per heavy atom. The van der Waals surface area contributed by atoms with Crippen molar-refractivity contribution >= 4 is 67.7 Å². The summed E-state index contributed by atoms with van der Waals surface area (Å²) in [5.41, 5.74) is 2.91. The largest absolute Gasteiger partial charge is 0.454 e. The zero-order valence-corrected chi connectivity index (χ0v) is 24.6. The molecule has 2 aliphatic carbocycles. The van der Waals surface area contributed by atoms with E-state index in [4.69, 9.17) is 21.3 Å². The van der Waals surface area contributed by atoms with Gasteiger partial charge in [0.05, 0.1) is 34.3 Å². The van der Waals surface area contributed by atoms with E-state index in [0.29, 0.717) is 50.3 Å². The number of esters is 1. The van der Waals surface area contributed by atoms with Crippen molar-refractivity contribution in [3.63, 3.8) is 0 Å². The van der Waals surface area contributed by atoms with Crippen LogP contribution in [0.2, 0.25) is 5.02 Å². The minimum absolute atomic E-state index is 0.0895. The number of nitrogens with zero attached hydrogens (tertiary/aromatic N) is 2. The molecule has 7 rings (SSSR count). The molecule has 0 spiro atoms. The number of amides is 2. The molecular weight excluding hydrogens is 620 g/mol. The van der Waals surface area contributed by atoms with Gasteiger partial charge in [0, 0.05) is 26.0 Å². The first-order chi connectivity index (χ1) is 20.3. The van der Waals surface area contributed by atoms with E-state index in [1.54, 1.807) is 72.8 Å². The number of carbonyl (C=O) groups excluding carboxylic acids is 4. The fraction of sp³-hybridized carbons (Fsp3) is 0.242. The second-order valence-corrected chi connectivity index (χ2v) is 12.5. The first kappa shape index (κ1) is 27.0. The van der Waals surface area contributed by atoms with Crippen molar-refractivity contribution in [3.05, 3.63) is 93.4 Å². The zero-order valence-electron chi connectivity index (χ0n) is 22.3. The lowest BCUT2D eigenvalue weighted by atomic mass is 9.81. The number of halogens is 2. The molecule has 2 bridgehead atoms. The highest BCUT2D eigenvalue weighted by Crippen LogP contribution is 2.56. The highest BCUT2D eigenvalue weighted by molar-refractivity contribution is 9.10. The highest BCUT2D eigenvalue weighted by Gasteiger charge is 2.61. The maximum absolute atomic E-state index is 13.3. The van der Waals surface area contributed by atoms with Gasteiger partial charge >= 0.3 is 5.97 Å². The molecule has 1 aliphatic heterocycles. The van der Waals surface area contributed by atoms with Gasteiger partial charge in [-0.3, -0.25) is 19.3 Å². The topological polar surface area (TPSA) is 93.6 Å². The van der Waals surface area contributed by atoms with Crippen LogP contribution in [0, 0.1) is 23.7 Å². The number of benzene rings is 3. The average Bonchev–Trinajstić information content (AvgIpc) is 3.69. The van der Waals surface area contributed by atoms with E-state index in [1.807, 2.05) is 0 Å². The van der Waals surface area contributed by atoms with Crippen molar-refractivity contribution < 1.29 is 23.9 Å². The van der Waals surface area contributed by atoms with Gasteiger partial charge < -0.3 is 4.74 Å². The molecule has 1 aromatic heterocycles. The monoisotopic (exact) mass is 642 g/mol. The number of pyridine rings is 1. The number of imide groups is 1. The van der Waals surface area contributed by atoms with Crippen molar-refractivity contribution in [1.29, 1.82) is 0 Å². The van der Waals surface area contributed by atoms with Crippen LogP contribution in [0.4, 0.5) is 5.69 Å². The molecule has 2 saturated carbocycles. The van der Waals surface area contributed by atoms with Gasteiger partial charge in [0.15, 0.2) is 12.4 Å². The van der Waals surface area contributed by atoms with Crippen LogP contribution in [0.15, 0.2) is 77.3 Å². The number of Topliss-reactive ketones (excluding diaryl/α,β-unsaturated/α-hetero) is 1. The van der Waals surface area contributed by atoms with Crippen molar-refractivity contribution in [2.45, 2.75) is 19.3 Å². The average molecular weight is 644 g/mol. The zero-order chi connectivity index (χ0) is 29.1. The Morgan fingerprint density at radius 3 is 2.24 bits per heavy atom. The Hall–Kier alpha value is -3.88. The normalized spacial score (nSPS) is 22.6. The molecule has 2 heterocycles. The van der Waals surface area contributed by atoms with Gasteiger partial charge in [0.1, 0.15) is 0 Å². The number of ether oxygens (including phenoxy) is 1. The Morgan fingerprint density at radius 2 is 1.57 bits per heavy atom. The third-order valence-corrected chi connectivity index (χ3v) is 9.60. The molecular formula is C33H24BrClN2O5. The molecule has 2 amide bonds. The summed E-state index contributed by atoms with van der Waals surface area (Å²) in [6.45, 7) is -0.420. The third-order valence-electron chi connectivity index (χ3n) is 8.84. The van der Waals surface area contributed by atoms with E-state index in [2.05, 4.69) is 15.9 Å². The van der Waals surface area contributed by atoms with Crippen LogP contribution in [-0.4, -0.2) is 35.2 Å². The number of fused-ring (bicyclic) bond motifs is 6. The van der Waals surface area contributed by atoms with Gasteiger partial charge in [0.25, 0.3) is 0 Å².